The highest BCUT2D eigenvalue weighted by Gasteiger charge is 2.27. The van der Waals surface area contributed by atoms with Gasteiger partial charge in [0.2, 0.25) is 0 Å². The van der Waals surface area contributed by atoms with Gasteiger partial charge in [-0.3, -0.25) is 0 Å². The second kappa shape index (κ2) is 5.06. The standard InChI is InChI=1S/C17H19NO/c1-19-14-9-6-13(7-10-14)16-11-8-12-4-2-3-5-15(12)17(16)18/h2-7,9-10,16-17H,8,11,18H2,1H3/t16-,17-/m1/s1. The van der Waals surface area contributed by atoms with Gasteiger partial charge < -0.3 is 10.5 Å². The van der Waals surface area contributed by atoms with Gasteiger partial charge in [-0.2, -0.15) is 0 Å². The molecule has 2 N–H and O–H groups in total. The second-order valence-electron chi connectivity index (χ2n) is 5.14. The van der Waals surface area contributed by atoms with Crippen LogP contribution in [0.2, 0.25) is 0 Å². The molecule has 0 saturated carbocycles. The van der Waals surface area contributed by atoms with Gasteiger partial charge in [0.05, 0.1) is 7.11 Å². The third-order valence-electron chi connectivity index (χ3n) is 4.12. The molecule has 1 aliphatic rings. The molecule has 0 saturated heterocycles. The van der Waals surface area contributed by atoms with Crippen molar-refractivity contribution in [1.29, 1.82) is 0 Å². The second-order valence-corrected chi connectivity index (χ2v) is 5.14. The molecule has 0 fully saturated rings. The highest BCUT2D eigenvalue weighted by molar-refractivity contribution is 5.38. The number of nitrogens with two attached hydrogens (primary N) is 1. The average Bonchev–Trinajstić information content (AvgIpc) is 2.48. The van der Waals surface area contributed by atoms with E-state index in [0.29, 0.717) is 5.92 Å². The van der Waals surface area contributed by atoms with Crippen LogP contribution in [0.5, 0.6) is 5.75 Å². The molecule has 3 rings (SSSR count). The molecule has 98 valence electrons. The molecule has 0 bridgehead atoms. The van der Waals surface area contributed by atoms with Gasteiger partial charge in [-0.25, -0.2) is 0 Å². The molecule has 19 heavy (non-hydrogen) atoms. The van der Waals surface area contributed by atoms with E-state index in [9.17, 15) is 0 Å². The maximum Gasteiger partial charge on any atom is 0.118 e. The van der Waals surface area contributed by atoms with Crippen LogP contribution < -0.4 is 10.5 Å². The van der Waals surface area contributed by atoms with E-state index in [2.05, 4.69) is 36.4 Å². The first-order valence-electron chi connectivity index (χ1n) is 6.77. The summed E-state index contributed by atoms with van der Waals surface area (Å²) in [4.78, 5) is 0. The fourth-order valence-electron chi connectivity index (χ4n) is 3.02. The third-order valence-corrected chi connectivity index (χ3v) is 4.12. The van der Waals surface area contributed by atoms with Gasteiger partial charge in [-0.1, -0.05) is 36.4 Å². The van der Waals surface area contributed by atoms with E-state index in [1.54, 1.807) is 7.11 Å². The predicted molar refractivity (Wildman–Crippen MR) is 77.4 cm³/mol. The van der Waals surface area contributed by atoms with Crippen molar-refractivity contribution in [3.8, 4) is 5.75 Å². The third kappa shape index (κ3) is 2.24. The number of fused-ring (bicyclic) bond motifs is 1. The lowest BCUT2D eigenvalue weighted by Gasteiger charge is -2.31. The Bertz CT molecular complexity index is 562. The molecule has 2 aromatic rings. The maximum absolute atomic E-state index is 6.46. The van der Waals surface area contributed by atoms with E-state index >= 15 is 0 Å². The van der Waals surface area contributed by atoms with Crippen LogP contribution in [0.25, 0.3) is 0 Å². The summed E-state index contributed by atoms with van der Waals surface area (Å²) in [6, 6.07) is 16.9. The highest BCUT2D eigenvalue weighted by Crippen LogP contribution is 2.39. The SMILES string of the molecule is COc1ccc([C@H]2CCc3ccccc3[C@H]2N)cc1. The van der Waals surface area contributed by atoms with Crippen LogP contribution in [-0.2, 0) is 6.42 Å². The number of rotatable bonds is 2. The summed E-state index contributed by atoms with van der Waals surface area (Å²) in [7, 11) is 1.69. The monoisotopic (exact) mass is 253 g/mol. The first kappa shape index (κ1) is 12.2. The van der Waals surface area contributed by atoms with Gasteiger partial charge in [-0.05, 0) is 41.7 Å². The number of ether oxygens (including phenoxy) is 1. The molecule has 0 spiro atoms. The predicted octanol–water partition coefficient (Wildman–Crippen LogP) is 3.43. The minimum atomic E-state index is 0.0957. The molecule has 0 aliphatic heterocycles. The number of aryl methyl sites for hydroxylation is 1. The summed E-state index contributed by atoms with van der Waals surface area (Å²) >= 11 is 0. The first-order chi connectivity index (χ1) is 9.29. The number of hydrogen-bond acceptors (Lipinski definition) is 2. The Hall–Kier alpha value is -1.80. The maximum atomic E-state index is 6.46. The fraction of sp³-hybridized carbons (Fsp3) is 0.294. The Kier molecular flexibility index (Phi) is 3.26. The summed E-state index contributed by atoms with van der Waals surface area (Å²) in [5.41, 5.74) is 10.5. The van der Waals surface area contributed by atoms with Gasteiger partial charge in [0, 0.05) is 12.0 Å². The van der Waals surface area contributed by atoms with E-state index in [-0.39, 0.29) is 6.04 Å². The summed E-state index contributed by atoms with van der Waals surface area (Å²) in [5.74, 6) is 1.30. The van der Waals surface area contributed by atoms with Gasteiger partial charge in [-0.15, -0.1) is 0 Å². The van der Waals surface area contributed by atoms with Crippen molar-refractivity contribution >= 4 is 0 Å². The number of methoxy groups -OCH3 is 1. The van der Waals surface area contributed by atoms with Crippen LogP contribution in [0.1, 0.15) is 35.1 Å². The van der Waals surface area contributed by atoms with Crippen molar-refractivity contribution in [2.75, 3.05) is 7.11 Å². The molecule has 1 aliphatic carbocycles. The number of hydrogen-bond donors (Lipinski definition) is 1. The minimum absolute atomic E-state index is 0.0957. The minimum Gasteiger partial charge on any atom is -0.497 e. The van der Waals surface area contributed by atoms with Crippen LogP contribution in [0.3, 0.4) is 0 Å². The average molecular weight is 253 g/mol. The normalized spacial score (nSPS) is 21.8. The largest absolute Gasteiger partial charge is 0.497 e. The summed E-state index contributed by atoms with van der Waals surface area (Å²) in [5, 5.41) is 0. The van der Waals surface area contributed by atoms with Gasteiger partial charge in [0.1, 0.15) is 5.75 Å². The highest BCUT2D eigenvalue weighted by atomic mass is 16.5. The quantitative estimate of drug-likeness (QED) is 0.890. The zero-order valence-electron chi connectivity index (χ0n) is 11.2. The summed E-state index contributed by atoms with van der Waals surface area (Å²) < 4.78 is 5.21. The van der Waals surface area contributed by atoms with Crippen molar-refractivity contribution < 1.29 is 4.74 Å². The Balaban J connectivity index is 1.90. The molecular weight excluding hydrogens is 234 g/mol. The first-order valence-corrected chi connectivity index (χ1v) is 6.77. The molecule has 0 heterocycles. The molecule has 0 aromatic heterocycles. The Morgan fingerprint density at radius 3 is 2.53 bits per heavy atom. The fourth-order valence-corrected chi connectivity index (χ4v) is 3.02. The molecule has 2 nitrogen and oxygen atoms in total. The van der Waals surface area contributed by atoms with Crippen LogP contribution >= 0.6 is 0 Å². The molecule has 2 atom stereocenters. The van der Waals surface area contributed by atoms with Crippen molar-refractivity contribution in [1.82, 2.24) is 0 Å². The Morgan fingerprint density at radius 2 is 1.79 bits per heavy atom. The van der Waals surface area contributed by atoms with Crippen molar-refractivity contribution in [2.24, 2.45) is 5.73 Å². The van der Waals surface area contributed by atoms with E-state index in [4.69, 9.17) is 10.5 Å². The summed E-state index contributed by atoms with van der Waals surface area (Å²) in [6.45, 7) is 0. The Morgan fingerprint density at radius 1 is 1.05 bits per heavy atom. The van der Waals surface area contributed by atoms with Gasteiger partial charge in [0.25, 0.3) is 0 Å². The smallest absolute Gasteiger partial charge is 0.118 e. The lowest BCUT2D eigenvalue weighted by Crippen LogP contribution is -2.25. The molecule has 2 aromatic carbocycles. The van der Waals surface area contributed by atoms with E-state index in [0.717, 1.165) is 18.6 Å². The molecule has 0 unspecified atom stereocenters. The Labute approximate surface area is 114 Å². The van der Waals surface area contributed by atoms with Crippen LogP contribution in [0.15, 0.2) is 48.5 Å². The van der Waals surface area contributed by atoms with Crippen LogP contribution in [0.4, 0.5) is 0 Å². The van der Waals surface area contributed by atoms with Gasteiger partial charge >= 0.3 is 0 Å². The van der Waals surface area contributed by atoms with E-state index in [1.807, 2.05) is 12.1 Å². The summed E-state index contributed by atoms with van der Waals surface area (Å²) in [6.07, 6.45) is 2.23. The topological polar surface area (TPSA) is 35.2 Å². The molecule has 2 heteroatoms. The lowest BCUT2D eigenvalue weighted by molar-refractivity contribution is 0.414. The zero-order chi connectivity index (χ0) is 13.2. The van der Waals surface area contributed by atoms with Gasteiger partial charge in [0.15, 0.2) is 0 Å². The zero-order valence-corrected chi connectivity index (χ0v) is 11.2. The molecular formula is C17H19NO. The lowest BCUT2D eigenvalue weighted by atomic mass is 9.77. The number of benzene rings is 2. The van der Waals surface area contributed by atoms with Crippen LogP contribution in [0, 0.1) is 0 Å². The van der Waals surface area contributed by atoms with Crippen molar-refractivity contribution in [3.05, 3.63) is 65.2 Å². The molecule has 0 radical (unpaired) electrons. The van der Waals surface area contributed by atoms with E-state index < -0.39 is 0 Å². The van der Waals surface area contributed by atoms with Crippen LogP contribution in [-0.4, -0.2) is 7.11 Å². The van der Waals surface area contributed by atoms with Crippen molar-refractivity contribution in [2.45, 2.75) is 24.8 Å². The van der Waals surface area contributed by atoms with E-state index in [1.165, 1.54) is 16.7 Å². The van der Waals surface area contributed by atoms with Crippen molar-refractivity contribution in [3.63, 3.8) is 0 Å². The molecule has 0 amide bonds.